The molecule has 2 aromatic heterocycles. The molecule has 0 unspecified atom stereocenters. The molecule has 1 aliphatic rings. The fourth-order valence-electron chi connectivity index (χ4n) is 4.13. The first kappa shape index (κ1) is 23.2. The fraction of sp³-hybridized carbons (Fsp3) is 0.154. The summed E-state index contributed by atoms with van der Waals surface area (Å²) in [6.07, 6.45) is 2.44. The van der Waals surface area contributed by atoms with Crippen molar-refractivity contribution >= 4 is 44.2 Å². The van der Waals surface area contributed by atoms with E-state index >= 15 is 0 Å². The fourth-order valence-corrected chi connectivity index (χ4v) is 5.88. The summed E-state index contributed by atoms with van der Waals surface area (Å²) in [5.74, 6) is 1.10. The van der Waals surface area contributed by atoms with Crippen molar-refractivity contribution < 1.29 is 9.34 Å². The maximum atomic E-state index is 11.0. The molecule has 5 rings (SSSR count). The molecule has 0 spiro atoms. The highest BCUT2D eigenvalue weighted by Crippen LogP contribution is 2.39. The second-order valence-corrected chi connectivity index (χ2v) is 10.1. The zero-order chi connectivity index (χ0) is 24.4. The van der Waals surface area contributed by atoms with Crippen LogP contribution in [0.25, 0.3) is 11.3 Å². The van der Waals surface area contributed by atoms with Gasteiger partial charge in [-0.25, -0.2) is 4.99 Å². The van der Waals surface area contributed by atoms with Crippen LogP contribution in [0.3, 0.4) is 0 Å². The maximum Gasteiger partial charge on any atom is 0.270 e. The topological polar surface area (TPSA) is 95.7 Å². The van der Waals surface area contributed by atoms with E-state index < -0.39 is 4.92 Å². The van der Waals surface area contributed by atoms with Crippen LogP contribution < -0.4 is 0 Å². The smallest absolute Gasteiger partial charge is 0.270 e. The third kappa shape index (κ3) is 4.95. The van der Waals surface area contributed by atoms with Crippen molar-refractivity contribution in [2.75, 3.05) is 6.54 Å². The van der Waals surface area contributed by atoms with E-state index in [1.54, 1.807) is 35.8 Å². The van der Waals surface area contributed by atoms with Crippen LogP contribution in [0.5, 0.6) is 0 Å². The first-order chi connectivity index (χ1) is 17.0. The molecule has 0 bridgehead atoms. The Morgan fingerprint density at radius 2 is 2.06 bits per heavy atom. The number of benzene rings is 2. The molecule has 2 aromatic carbocycles. The van der Waals surface area contributed by atoms with Crippen molar-refractivity contribution in [2.24, 2.45) is 4.99 Å². The highest BCUT2D eigenvalue weighted by Gasteiger charge is 2.24. The van der Waals surface area contributed by atoms with Gasteiger partial charge in [-0.3, -0.25) is 15.0 Å². The number of nitriles is 1. The van der Waals surface area contributed by atoms with Gasteiger partial charge in [0.2, 0.25) is 0 Å². The minimum Gasteiger partial charge on any atom is -0.455 e. The van der Waals surface area contributed by atoms with E-state index in [4.69, 9.17) is 4.42 Å². The number of hydrogen-bond acceptors (Lipinski definition) is 7. The number of furan rings is 1. The number of nitro groups is 1. The van der Waals surface area contributed by atoms with Crippen LogP contribution in [0.1, 0.15) is 27.3 Å². The summed E-state index contributed by atoms with van der Waals surface area (Å²) >= 11 is 4.93. The summed E-state index contributed by atoms with van der Waals surface area (Å²) in [6.45, 7) is 2.59. The minimum atomic E-state index is -0.441. The number of nitrogens with zero attached hydrogens (tertiary/aromatic N) is 4. The number of non-ortho nitro benzene ring substituents is 1. The molecule has 0 N–H and O–H groups in total. The Bertz CT molecular complexity index is 1470. The van der Waals surface area contributed by atoms with Crippen molar-refractivity contribution in [1.82, 2.24) is 4.90 Å². The van der Waals surface area contributed by atoms with E-state index in [0.717, 1.165) is 31.6 Å². The van der Waals surface area contributed by atoms with Gasteiger partial charge in [0, 0.05) is 46.7 Å². The Balaban J connectivity index is 1.34. The lowest BCUT2D eigenvalue weighted by molar-refractivity contribution is -0.384. The summed E-state index contributed by atoms with van der Waals surface area (Å²) in [6, 6.07) is 20.8. The molecule has 1 aliphatic heterocycles. The number of thiophene rings is 1. The summed E-state index contributed by atoms with van der Waals surface area (Å²) in [5, 5.41) is 21.5. The van der Waals surface area contributed by atoms with Gasteiger partial charge in [-0.15, -0.1) is 11.3 Å². The Kier molecular flexibility index (Phi) is 6.59. The lowest BCUT2D eigenvalue weighted by Crippen LogP contribution is -2.29. The highest BCUT2D eigenvalue weighted by atomic mass is 79.9. The van der Waals surface area contributed by atoms with Gasteiger partial charge in [-0.1, -0.05) is 30.3 Å². The Morgan fingerprint density at radius 1 is 1.23 bits per heavy atom. The molecule has 0 atom stereocenters. The molecule has 4 aromatic rings. The number of nitro benzene ring substituents is 1. The van der Waals surface area contributed by atoms with Crippen molar-refractivity contribution in [1.29, 1.82) is 5.26 Å². The molecular weight excluding hydrogens is 528 g/mol. The van der Waals surface area contributed by atoms with Crippen molar-refractivity contribution in [3.63, 3.8) is 0 Å². The molecule has 0 radical (unpaired) electrons. The molecule has 0 saturated heterocycles. The molecule has 35 heavy (non-hydrogen) atoms. The molecule has 3 heterocycles. The third-order valence-corrected chi connectivity index (χ3v) is 7.62. The average molecular weight is 547 g/mol. The second-order valence-electron chi connectivity index (χ2n) is 8.12. The van der Waals surface area contributed by atoms with E-state index in [1.807, 2.05) is 6.07 Å². The minimum absolute atomic E-state index is 0.00185. The summed E-state index contributed by atoms with van der Waals surface area (Å²) in [4.78, 5) is 18.7. The molecule has 9 heteroatoms. The first-order valence-corrected chi connectivity index (χ1v) is 12.5. The van der Waals surface area contributed by atoms with E-state index in [9.17, 15) is 15.4 Å². The average Bonchev–Trinajstić information content (AvgIpc) is 3.47. The van der Waals surface area contributed by atoms with Gasteiger partial charge in [-0.05, 0) is 51.7 Å². The van der Waals surface area contributed by atoms with Crippen LogP contribution in [0.15, 0.2) is 74.5 Å². The van der Waals surface area contributed by atoms with Gasteiger partial charge < -0.3 is 4.42 Å². The molecule has 0 amide bonds. The predicted molar refractivity (Wildman–Crippen MR) is 139 cm³/mol. The lowest BCUT2D eigenvalue weighted by Gasteiger charge is -2.26. The van der Waals surface area contributed by atoms with Gasteiger partial charge in [0.15, 0.2) is 0 Å². The predicted octanol–water partition coefficient (Wildman–Crippen LogP) is 6.86. The Labute approximate surface area is 214 Å². The number of rotatable bonds is 6. The van der Waals surface area contributed by atoms with Crippen molar-refractivity contribution in [2.45, 2.75) is 19.5 Å². The quantitative estimate of drug-likeness (QED) is 0.149. The summed E-state index contributed by atoms with van der Waals surface area (Å²) < 4.78 is 6.47. The normalized spacial score (nSPS) is 13.6. The van der Waals surface area contributed by atoms with Gasteiger partial charge in [0.1, 0.15) is 22.6 Å². The van der Waals surface area contributed by atoms with Crippen LogP contribution in [-0.2, 0) is 19.5 Å². The monoisotopic (exact) mass is 546 g/mol. The van der Waals surface area contributed by atoms with Crippen LogP contribution in [0.4, 0.5) is 10.7 Å². The number of halogens is 1. The van der Waals surface area contributed by atoms with Crippen molar-refractivity contribution in [3.8, 4) is 17.4 Å². The van der Waals surface area contributed by atoms with E-state index in [-0.39, 0.29) is 5.69 Å². The van der Waals surface area contributed by atoms with Crippen LogP contribution in [0, 0.1) is 21.4 Å². The number of fused-ring (bicyclic) bond motifs is 1. The van der Waals surface area contributed by atoms with Gasteiger partial charge in [0.05, 0.1) is 16.7 Å². The molecule has 174 valence electrons. The van der Waals surface area contributed by atoms with E-state index in [2.05, 4.69) is 56.2 Å². The standard InChI is InChI=1S/C26H19BrN4O3S/c27-23-12-18(31(32)33)6-8-21(23)24-9-7-19(34-24)14-29-26-22(13-28)20-10-11-30(16-25(20)35-26)15-17-4-2-1-3-5-17/h1-9,12,14H,10-11,15-16H2. The van der Waals surface area contributed by atoms with Gasteiger partial charge in [-0.2, -0.15) is 5.26 Å². The molecular formula is C26H19BrN4O3S. The van der Waals surface area contributed by atoms with Crippen LogP contribution in [0.2, 0.25) is 0 Å². The Hall–Kier alpha value is -3.58. The molecule has 0 fully saturated rings. The Morgan fingerprint density at radius 3 is 2.80 bits per heavy atom. The number of hydrogen-bond donors (Lipinski definition) is 0. The van der Waals surface area contributed by atoms with E-state index in [0.29, 0.717) is 32.1 Å². The van der Waals surface area contributed by atoms with E-state index in [1.165, 1.54) is 22.6 Å². The zero-order valence-corrected chi connectivity index (χ0v) is 20.9. The molecule has 0 aliphatic carbocycles. The van der Waals surface area contributed by atoms with Crippen LogP contribution >= 0.6 is 27.3 Å². The highest BCUT2D eigenvalue weighted by molar-refractivity contribution is 9.10. The molecule has 0 saturated carbocycles. The van der Waals surface area contributed by atoms with Crippen molar-refractivity contribution in [3.05, 3.63) is 103 Å². The lowest BCUT2D eigenvalue weighted by atomic mass is 10.0. The largest absolute Gasteiger partial charge is 0.455 e. The number of aliphatic imine (C=N–C) groups is 1. The third-order valence-electron chi connectivity index (χ3n) is 5.84. The maximum absolute atomic E-state index is 11.0. The van der Waals surface area contributed by atoms with Gasteiger partial charge in [0.25, 0.3) is 5.69 Å². The zero-order valence-electron chi connectivity index (χ0n) is 18.5. The summed E-state index contributed by atoms with van der Waals surface area (Å²) in [7, 11) is 0. The molecule has 7 nitrogen and oxygen atoms in total. The van der Waals surface area contributed by atoms with Gasteiger partial charge >= 0.3 is 0 Å². The summed E-state index contributed by atoms with van der Waals surface area (Å²) in [5.41, 5.74) is 3.73. The first-order valence-electron chi connectivity index (χ1n) is 10.9. The second kappa shape index (κ2) is 9.96. The SMILES string of the molecule is N#Cc1c(N=Cc2ccc(-c3ccc([N+](=O)[O-])cc3Br)o2)sc2c1CCN(Cc1ccccc1)C2. The van der Waals surface area contributed by atoms with Crippen LogP contribution in [-0.4, -0.2) is 22.6 Å².